The van der Waals surface area contributed by atoms with Crippen molar-refractivity contribution in [3.05, 3.63) is 34.9 Å². The third-order valence-corrected chi connectivity index (χ3v) is 3.62. The highest BCUT2D eigenvalue weighted by Gasteiger charge is 2.26. The van der Waals surface area contributed by atoms with Gasteiger partial charge in [0.2, 0.25) is 0 Å². The van der Waals surface area contributed by atoms with E-state index in [-0.39, 0.29) is 11.9 Å². The Bertz CT molecular complexity index is 630. The summed E-state index contributed by atoms with van der Waals surface area (Å²) in [6.07, 6.45) is 2.25. The van der Waals surface area contributed by atoms with Gasteiger partial charge in [-0.25, -0.2) is 0 Å². The van der Waals surface area contributed by atoms with Gasteiger partial charge in [-0.15, -0.1) is 0 Å². The molecular formula is C20H27ClO4. The maximum absolute atomic E-state index is 12.1. The number of halogens is 1. The van der Waals surface area contributed by atoms with Gasteiger partial charge in [-0.2, -0.15) is 0 Å². The van der Waals surface area contributed by atoms with Crippen LogP contribution in [0.2, 0.25) is 0 Å². The van der Waals surface area contributed by atoms with Gasteiger partial charge < -0.3 is 9.47 Å². The SMILES string of the molecule is CC=C(Cl)Cc1cc(OC(=O)C(C)(C)C)cc(OC(=O)C(C)(C)C)c1. The molecule has 0 unspecified atom stereocenters. The molecule has 0 saturated heterocycles. The molecule has 0 aliphatic carbocycles. The molecule has 0 aliphatic heterocycles. The lowest BCUT2D eigenvalue weighted by Crippen LogP contribution is -2.26. The lowest BCUT2D eigenvalue weighted by Gasteiger charge is -2.19. The van der Waals surface area contributed by atoms with E-state index >= 15 is 0 Å². The molecule has 0 aliphatic rings. The number of carbonyl (C=O) groups is 2. The summed E-state index contributed by atoms with van der Waals surface area (Å²) in [5.74, 6) is -0.0748. The van der Waals surface area contributed by atoms with Crippen LogP contribution in [0, 0.1) is 10.8 Å². The maximum Gasteiger partial charge on any atom is 0.316 e. The van der Waals surface area contributed by atoms with Crippen LogP contribution < -0.4 is 9.47 Å². The quantitative estimate of drug-likeness (QED) is 0.537. The first kappa shape index (κ1) is 21.2. The third kappa shape index (κ3) is 6.91. The molecule has 1 aromatic rings. The molecule has 1 rings (SSSR count). The van der Waals surface area contributed by atoms with Crippen molar-refractivity contribution in [2.24, 2.45) is 10.8 Å². The lowest BCUT2D eigenvalue weighted by molar-refractivity contribution is -0.143. The Morgan fingerprint density at radius 1 is 0.920 bits per heavy atom. The predicted octanol–water partition coefficient (Wildman–Crippen LogP) is 5.27. The average molecular weight is 367 g/mol. The minimum absolute atomic E-state index is 0.328. The highest BCUT2D eigenvalue weighted by Crippen LogP contribution is 2.29. The van der Waals surface area contributed by atoms with Gasteiger partial charge in [-0.05, 0) is 66.2 Å². The fraction of sp³-hybridized carbons (Fsp3) is 0.500. The fourth-order valence-electron chi connectivity index (χ4n) is 1.67. The van der Waals surface area contributed by atoms with E-state index in [0.717, 1.165) is 5.56 Å². The summed E-state index contributed by atoms with van der Waals surface area (Å²) in [4.78, 5) is 24.3. The number of ether oxygens (including phenoxy) is 2. The molecule has 138 valence electrons. The predicted molar refractivity (Wildman–Crippen MR) is 99.9 cm³/mol. The number of allylic oxidation sites excluding steroid dienone is 2. The number of hydrogen-bond donors (Lipinski definition) is 0. The first-order valence-corrected chi connectivity index (χ1v) is 8.60. The van der Waals surface area contributed by atoms with Crippen molar-refractivity contribution in [1.82, 2.24) is 0 Å². The molecule has 0 bridgehead atoms. The third-order valence-electron chi connectivity index (χ3n) is 3.27. The van der Waals surface area contributed by atoms with Crippen LogP contribution in [-0.4, -0.2) is 11.9 Å². The number of esters is 2. The maximum atomic E-state index is 12.1. The second-order valence-electron chi connectivity index (χ2n) is 8.00. The van der Waals surface area contributed by atoms with Crippen LogP contribution >= 0.6 is 11.6 Å². The van der Waals surface area contributed by atoms with Crippen LogP contribution in [-0.2, 0) is 16.0 Å². The van der Waals surface area contributed by atoms with Gasteiger partial charge in [0.1, 0.15) is 11.5 Å². The summed E-state index contributed by atoms with van der Waals surface area (Å²) in [7, 11) is 0. The van der Waals surface area contributed by atoms with Crippen molar-refractivity contribution in [3.63, 3.8) is 0 Å². The van der Waals surface area contributed by atoms with E-state index in [9.17, 15) is 9.59 Å². The molecule has 0 amide bonds. The molecule has 0 radical (unpaired) electrons. The number of rotatable bonds is 4. The van der Waals surface area contributed by atoms with Gasteiger partial charge in [-0.1, -0.05) is 17.7 Å². The summed E-state index contributed by atoms with van der Waals surface area (Å²) in [5, 5.41) is 0.646. The van der Waals surface area contributed by atoms with Crippen LogP contribution in [0.15, 0.2) is 29.3 Å². The van der Waals surface area contributed by atoms with Crippen molar-refractivity contribution >= 4 is 23.5 Å². The highest BCUT2D eigenvalue weighted by molar-refractivity contribution is 6.29. The Morgan fingerprint density at radius 3 is 1.64 bits per heavy atom. The number of carbonyl (C=O) groups excluding carboxylic acids is 2. The van der Waals surface area contributed by atoms with E-state index in [4.69, 9.17) is 21.1 Å². The molecule has 0 spiro atoms. The summed E-state index contributed by atoms with van der Waals surface area (Å²) >= 11 is 6.11. The molecule has 0 aromatic heterocycles. The Kier molecular flexibility index (Phi) is 6.83. The van der Waals surface area contributed by atoms with Gasteiger partial charge in [0.15, 0.2) is 0 Å². The zero-order valence-electron chi connectivity index (χ0n) is 16.0. The molecule has 1 aromatic carbocycles. The lowest BCUT2D eigenvalue weighted by atomic mass is 9.97. The summed E-state index contributed by atoms with van der Waals surface area (Å²) in [6.45, 7) is 12.5. The van der Waals surface area contributed by atoms with Gasteiger partial charge in [-0.3, -0.25) is 9.59 Å². The monoisotopic (exact) mass is 366 g/mol. The molecule has 5 heteroatoms. The van der Waals surface area contributed by atoms with Gasteiger partial charge in [0.25, 0.3) is 0 Å². The summed E-state index contributed by atoms with van der Waals surface area (Å²) in [5.41, 5.74) is -0.489. The van der Waals surface area contributed by atoms with E-state index in [1.807, 2.05) is 6.92 Å². The summed E-state index contributed by atoms with van der Waals surface area (Å²) < 4.78 is 10.9. The van der Waals surface area contributed by atoms with Crippen LogP contribution in [0.3, 0.4) is 0 Å². The average Bonchev–Trinajstić information content (AvgIpc) is 2.44. The van der Waals surface area contributed by atoms with E-state index in [1.165, 1.54) is 0 Å². The first-order valence-electron chi connectivity index (χ1n) is 8.22. The minimum Gasteiger partial charge on any atom is -0.426 e. The van der Waals surface area contributed by atoms with Crippen molar-refractivity contribution in [2.75, 3.05) is 0 Å². The molecule has 0 N–H and O–H groups in total. The van der Waals surface area contributed by atoms with Crippen molar-refractivity contribution in [2.45, 2.75) is 54.9 Å². The molecule has 0 atom stereocenters. The topological polar surface area (TPSA) is 52.6 Å². The van der Waals surface area contributed by atoms with E-state index < -0.39 is 10.8 Å². The molecule has 0 heterocycles. The Hall–Kier alpha value is -1.81. The smallest absolute Gasteiger partial charge is 0.316 e. The first-order chi connectivity index (χ1) is 11.3. The highest BCUT2D eigenvalue weighted by atomic mass is 35.5. The van der Waals surface area contributed by atoms with E-state index in [1.54, 1.807) is 65.8 Å². The summed E-state index contributed by atoms with van der Waals surface area (Å²) in [6, 6.07) is 4.99. The standard InChI is InChI=1S/C20H27ClO4/c1-8-14(21)9-13-10-15(24-17(22)19(2,3)4)12-16(11-13)25-18(23)20(5,6)7/h8,10-12H,9H2,1-7H3. The molecule has 0 saturated carbocycles. The minimum atomic E-state index is -0.640. The molecule has 0 fully saturated rings. The molecular weight excluding hydrogens is 340 g/mol. The van der Waals surface area contributed by atoms with Crippen LogP contribution in [0.25, 0.3) is 0 Å². The zero-order valence-corrected chi connectivity index (χ0v) is 16.8. The zero-order chi connectivity index (χ0) is 19.4. The van der Waals surface area contributed by atoms with Gasteiger partial charge in [0, 0.05) is 17.5 Å². The van der Waals surface area contributed by atoms with Gasteiger partial charge in [0.05, 0.1) is 10.8 Å². The largest absolute Gasteiger partial charge is 0.426 e. The number of benzene rings is 1. The van der Waals surface area contributed by atoms with Crippen LogP contribution in [0.5, 0.6) is 11.5 Å². The van der Waals surface area contributed by atoms with Crippen molar-refractivity contribution in [3.8, 4) is 11.5 Å². The normalized spacial score (nSPS) is 12.7. The van der Waals surface area contributed by atoms with Crippen LogP contribution in [0.1, 0.15) is 54.0 Å². The second-order valence-corrected chi connectivity index (χ2v) is 8.49. The van der Waals surface area contributed by atoms with Crippen LogP contribution in [0.4, 0.5) is 0 Å². The fourth-order valence-corrected chi connectivity index (χ4v) is 1.82. The number of hydrogen-bond acceptors (Lipinski definition) is 4. The van der Waals surface area contributed by atoms with Gasteiger partial charge >= 0.3 is 11.9 Å². The van der Waals surface area contributed by atoms with E-state index in [0.29, 0.717) is 23.0 Å². The second kappa shape index (κ2) is 8.05. The van der Waals surface area contributed by atoms with Crippen molar-refractivity contribution in [1.29, 1.82) is 0 Å². The Labute approximate surface area is 155 Å². The Morgan fingerprint density at radius 2 is 1.32 bits per heavy atom. The van der Waals surface area contributed by atoms with Crippen molar-refractivity contribution < 1.29 is 19.1 Å². The Balaban J connectivity index is 3.19. The molecule has 25 heavy (non-hydrogen) atoms. The molecule has 4 nitrogen and oxygen atoms in total. The van der Waals surface area contributed by atoms with E-state index in [2.05, 4.69) is 0 Å².